The van der Waals surface area contributed by atoms with Crippen molar-refractivity contribution in [1.29, 1.82) is 0 Å². The molecule has 1 N–H and O–H groups in total. The molecule has 1 amide bonds. The molecule has 0 atom stereocenters. The minimum Gasteiger partial charge on any atom is -0.483 e. The Morgan fingerprint density at radius 2 is 2.20 bits per heavy atom. The summed E-state index contributed by atoms with van der Waals surface area (Å²) in [6.45, 7) is 5.32. The molecule has 20 heavy (non-hydrogen) atoms. The highest BCUT2D eigenvalue weighted by atomic mass is 16.5. The van der Waals surface area contributed by atoms with Gasteiger partial charge in [0, 0.05) is 30.9 Å². The van der Waals surface area contributed by atoms with E-state index in [2.05, 4.69) is 16.3 Å². The maximum Gasteiger partial charge on any atom is 0.260 e. The number of benzene rings is 1. The fourth-order valence-electron chi connectivity index (χ4n) is 1.92. The van der Waals surface area contributed by atoms with E-state index in [-0.39, 0.29) is 12.5 Å². The number of carbonyl (C=O) groups excluding carboxylic acids is 1. The molecular weight excluding hydrogens is 254 g/mol. The number of H-pyrrole nitrogens is 1. The first-order valence-electron chi connectivity index (χ1n) is 6.66. The van der Waals surface area contributed by atoms with Gasteiger partial charge in [0.2, 0.25) is 0 Å². The van der Waals surface area contributed by atoms with Crippen LogP contribution < -0.4 is 4.74 Å². The highest BCUT2D eigenvalue weighted by Crippen LogP contribution is 2.22. The number of hydrogen-bond donors (Lipinski definition) is 1. The number of likely N-dealkylation sites (N-methyl/N-ethyl adjacent to an activating group) is 1. The van der Waals surface area contributed by atoms with E-state index in [9.17, 15) is 4.79 Å². The zero-order chi connectivity index (χ0) is 14.4. The van der Waals surface area contributed by atoms with E-state index < -0.39 is 0 Å². The van der Waals surface area contributed by atoms with Gasteiger partial charge < -0.3 is 9.64 Å². The Morgan fingerprint density at radius 1 is 1.40 bits per heavy atom. The standard InChI is InChI=1S/C15H18N3O2/c1-3-18(4-2)15(19)11-20-14-7-5-6-12(8-14)13-9-16-17-10-13/h5-6,8-10H,3-4,11H2,1-2H3,(H,16,17). The van der Waals surface area contributed by atoms with Crippen LogP contribution in [0.1, 0.15) is 13.8 Å². The van der Waals surface area contributed by atoms with Crippen molar-refractivity contribution in [2.75, 3.05) is 19.7 Å². The van der Waals surface area contributed by atoms with E-state index >= 15 is 0 Å². The minimum absolute atomic E-state index is 0.0166. The maximum atomic E-state index is 11.9. The Hall–Kier alpha value is -2.30. The summed E-state index contributed by atoms with van der Waals surface area (Å²) in [5.41, 5.74) is 1.95. The Bertz CT molecular complexity index is 548. The molecular formula is C15H18N3O2. The molecule has 5 nitrogen and oxygen atoms in total. The molecule has 0 fully saturated rings. The van der Waals surface area contributed by atoms with Crippen molar-refractivity contribution < 1.29 is 9.53 Å². The van der Waals surface area contributed by atoms with Crippen LogP contribution >= 0.6 is 0 Å². The highest BCUT2D eigenvalue weighted by Gasteiger charge is 2.10. The minimum atomic E-state index is -0.0166. The van der Waals surface area contributed by atoms with Crippen molar-refractivity contribution in [3.8, 4) is 16.9 Å². The number of nitrogens with zero attached hydrogens (tertiary/aromatic N) is 2. The molecule has 0 aliphatic carbocycles. The molecule has 5 heteroatoms. The first-order chi connectivity index (χ1) is 9.74. The van der Waals surface area contributed by atoms with Gasteiger partial charge in [-0.05, 0) is 31.5 Å². The van der Waals surface area contributed by atoms with Crippen molar-refractivity contribution in [3.63, 3.8) is 0 Å². The molecule has 105 valence electrons. The number of aromatic nitrogens is 2. The summed E-state index contributed by atoms with van der Waals surface area (Å²) < 4.78 is 5.51. The Balaban J connectivity index is 2.00. The second-order valence-corrected chi connectivity index (χ2v) is 4.28. The van der Waals surface area contributed by atoms with Gasteiger partial charge in [-0.3, -0.25) is 9.89 Å². The molecule has 2 rings (SSSR count). The molecule has 0 spiro atoms. The number of nitrogens with one attached hydrogen (secondary N) is 1. The number of carbonyl (C=O) groups is 1. The van der Waals surface area contributed by atoms with Gasteiger partial charge in [-0.15, -0.1) is 0 Å². The second kappa shape index (κ2) is 6.75. The summed E-state index contributed by atoms with van der Waals surface area (Å²) >= 11 is 0. The van der Waals surface area contributed by atoms with Crippen LogP contribution in [0.4, 0.5) is 0 Å². The molecule has 1 heterocycles. The quantitative estimate of drug-likeness (QED) is 0.876. The number of rotatable bonds is 6. The lowest BCUT2D eigenvalue weighted by Gasteiger charge is -2.18. The fourth-order valence-corrected chi connectivity index (χ4v) is 1.92. The van der Waals surface area contributed by atoms with Gasteiger partial charge >= 0.3 is 0 Å². The van der Waals surface area contributed by atoms with Gasteiger partial charge in [-0.1, -0.05) is 6.07 Å². The lowest BCUT2D eigenvalue weighted by Crippen LogP contribution is -2.34. The molecule has 0 saturated carbocycles. The third-order valence-electron chi connectivity index (χ3n) is 3.07. The van der Waals surface area contributed by atoms with E-state index in [4.69, 9.17) is 4.74 Å². The molecule has 1 aromatic heterocycles. The summed E-state index contributed by atoms with van der Waals surface area (Å²) in [6.07, 6.45) is 3.54. The van der Waals surface area contributed by atoms with Crippen molar-refractivity contribution >= 4 is 5.91 Å². The van der Waals surface area contributed by atoms with Crippen molar-refractivity contribution in [1.82, 2.24) is 15.1 Å². The van der Waals surface area contributed by atoms with Crippen LogP contribution in [-0.4, -0.2) is 40.7 Å². The van der Waals surface area contributed by atoms with Gasteiger partial charge in [0.05, 0.1) is 6.20 Å². The lowest BCUT2D eigenvalue weighted by molar-refractivity contribution is -0.132. The predicted octanol–water partition coefficient (Wildman–Crippen LogP) is 2.12. The molecule has 0 aliphatic rings. The molecule has 0 aliphatic heterocycles. The monoisotopic (exact) mass is 272 g/mol. The third-order valence-corrected chi connectivity index (χ3v) is 3.07. The fraction of sp³-hybridized carbons (Fsp3) is 0.333. The Kier molecular flexibility index (Phi) is 4.76. The Morgan fingerprint density at radius 3 is 2.85 bits per heavy atom. The van der Waals surface area contributed by atoms with Crippen LogP contribution in [0.3, 0.4) is 0 Å². The number of amides is 1. The summed E-state index contributed by atoms with van der Waals surface area (Å²) in [4.78, 5) is 13.6. The van der Waals surface area contributed by atoms with Crippen LogP contribution in [0.15, 0.2) is 30.6 Å². The summed E-state index contributed by atoms with van der Waals surface area (Å²) in [6, 6.07) is 8.52. The lowest BCUT2D eigenvalue weighted by atomic mass is 10.1. The molecule has 1 radical (unpaired) electrons. The van der Waals surface area contributed by atoms with Crippen LogP contribution in [-0.2, 0) is 4.79 Å². The molecule has 0 bridgehead atoms. The smallest absolute Gasteiger partial charge is 0.260 e. The second-order valence-electron chi connectivity index (χ2n) is 4.28. The molecule has 2 aromatic rings. The normalized spacial score (nSPS) is 10.3. The summed E-state index contributed by atoms with van der Waals surface area (Å²) in [5.74, 6) is 0.543. The van der Waals surface area contributed by atoms with Crippen LogP contribution in [0.25, 0.3) is 11.1 Å². The van der Waals surface area contributed by atoms with Crippen LogP contribution in [0.5, 0.6) is 5.75 Å². The summed E-state index contributed by atoms with van der Waals surface area (Å²) in [7, 11) is 0. The first-order valence-corrected chi connectivity index (χ1v) is 6.66. The van der Waals surface area contributed by atoms with Gasteiger partial charge in [0.15, 0.2) is 6.61 Å². The van der Waals surface area contributed by atoms with Gasteiger partial charge in [0.25, 0.3) is 5.91 Å². The average Bonchev–Trinajstić information content (AvgIpc) is 3.01. The predicted molar refractivity (Wildman–Crippen MR) is 76.3 cm³/mol. The van der Waals surface area contributed by atoms with E-state index in [1.807, 2.05) is 26.0 Å². The molecule has 1 aromatic carbocycles. The van der Waals surface area contributed by atoms with Gasteiger partial charge in [0.1, 0.15) is 5.75 Å². The van der Waals surface area contributed by atoms with E-state index in [1.165, 1.54) is 0 Å². The van der Waals surface area contributed by atoms with E-state index in [0.29, 0.717) is 18.8 Å². The van der Waals surface area contributed by atoms with Gasteiger partial charge in [-0.25, -0.2) is 0 Å². The average molecular weight is 272 g/mol. The molecule has 0 saturated heterocycles. The van der Waals surface area contributed by atoms with E-state index in [1.54, 1.807) is 23.4 Å². The zero-order valence-electron chi connectivity index (χ0n) is 11.7. The third kappa shape index (κ3) is 3.38. The van der Waals surface area contributed by atoms with E-state index in [0.717, 1.165) is 11.1 Å². The number of ether oxygens (including phenoxy) is 1. The summed E-state index contributed by atoms with van der Waals surface area (Å²) in [5, 5.41) is 6.68. The number of hydrogen-bond acceptors (Lipinski definition) is 3. The zero-order valence-corrected chi connectivity index (χ0v) is 11.7. The largest absolute Gasteiger partial charge is 0.483 e. The van der Waals surface area contributed by atoms with Crippen molar-refractivity contribution in [2.24, 2.45) is 0 Å². The first kappa shape index (κ1) is 14.1. The highest BCUT2D eigenvalue weighted by molar-refractivity contribution is 5.77. The van der Waals surface area contributed by atoms with Gasteiger partial charge in [-0.2, -0.15) is 5.10 Å². The topological polar surface area (TPSA) is 58.2 Å². The van der Waals surface area contributed by atoms with Crippen LogP contribution in [0, 0.1) is 6.07 Å². The SMILES string of the molecule is CCN(CC)C(=O)COc1[c]ccc(-c2cn[nH]c2)c1. The van der Waals surface area contributed by atoms with Crippen LogP contribution in [0.2, 0.25) is 0 Å². The Labute approximate surface area is 118 Å². The number of aromatic amines is 1. The maximum absolute atomic E-state index is 11.9. The van der Waals surface area contributed by atoms with Crippen molar-refractivity contribution in [3.05, 3.63) is 36.7 Å². The van der Waals surface area contributed by atoms with Crippen molar-refractivity contribution in [2.45, 2.75) is 13.8 Å². The molecule has 0 unspecified atom stereocenters.